The number of hydrogen-bond donors (Lipinski definition) is 1. The van der Waals surface area contributed by atoms with Crippen molar-refractivity contribution in [3.05, 3.63) is 100 Å². The zero-order chi connectivity index (χ0) is 28.5. The summed E-state index contributed by atoms with van der Waals surface area (Å²) < 4.78 is 20.2. The lowest BCUT2D eigenvalue weighted by molar-refractivity contribution is 0.0970. The van der Waals surface area contributed by atoms with Gasteiger partial charge in [0.15, 0.2) is 0 Å². The average Bonchev–Trinajstić information content (AvgIpc) is 3.41. The zero-order valence-electron chi connectivity index (χ0n) is 23.4. The van der Waals surface area contributed by atoms with Gasteiger partial charge in [-0.2, -0.15) is 0 Å². The number of thiazole rings is 1. The van der Waals surface area contributed by atoms with Gasteiger partial charge in [0.1, 0.15) is 11.6 Å². The van der Waals surface area contributed by atoms with Crippen LogP contribution < -0.4 is 5.32 Å². The number of likely N-dealkylation sites (tertiary alicyclic amines) is 1. The van der Waals surface area contributed by atoms with Gasteiger partial charge in [0, 0.05) is 30.6 Å². The summed E-state index contributed by atoms with van der Waals surface area (Å²) in [5, 5.41) is 4.31. The van der Waals surface area contributed by atoms with Crippen LogP contribution in [0, 0.1) is 5.82 Å². The highest BCUT2D eigenvalue weighted by atomic mass is 32.1. The number of allylic oxidation sites excluding steroid dienone is 2. The Kier molecular flexibility index (Phi) is 10.2. The SMILES string of the molecule is C=C(/N=C(\C=C/CC)c1sc(C2CCN(C(=O)OCC)CC2)nc1-c1ccccc1F)N[C@@H](C)c1ccccc1. The molecule has 0 aliphatic carbocycles. The van der Waals surface area contributed by atoms with E-state index in [1.807, 2.05) is 43.3 Å². The maximum atomic E-state index is 15.1. The standard InChI is InChI=1S/C32H37FN4O2S/c1-5-7-17-28(35-23(4)34-22(3)24-13-9-8-10-14-24)30-29(26-15-11-12-16-27(26)33)36-31(40-30)25-18-20-37(21-19-25)32(38)39-6-2/h7-17,22,25,34H,4-6,18-21H2,1-3H3/b17-7-,35-28+/t22-/m0/s1. The van der Waals surface area contributed by atoms with E-state index in [-0.39, 0.29) is 23.9 Å². The number of nitrogens with zero attached hydrogens (tertiary/aromatic N) is 3. The number of aromatic nitrogens is 1. The first-order valence-electron chi connectivity index (χ1n) is 13.8. The fourth-order valence-corrected chi connectivity index (χ4v) is 5.91. The molecule has 2 heterocycles. The molecule has 1 aliphatic rings. The van der Waals surface area contributed by atoms with E-state index in [4.69, 9.17) is 14.7 Å². The molecule has 40 heavy (non-hydrogen) atoms. The summed E-state index contributed by atoms with van der Waals surface area (Å²) in [6, 6.07) is 16.8. The molecule has 2 aromatic carbocycles. The molecule has 0 radical (unpaired) electrons. The Morgan fingerprint density at radius 1 is 1.20 bits per heavy atom. The molecule has 1 fully saturated rings. The van der Waals surface area contributed by atoms with Crippen molar-refractivity contribution in [2.75, 3.05) is 19.7 Å². The molecule has 1 saturated heterocycles. The number of piperidine rings is 1. The van der Waals surface area contributed by atoms with E-state index in [9.17, 15) is 4.79 Å². The van der Waals surface area contributed by atoms with E-state index in [1.165, 1.54) is 6.07 Å². The number of carbonyl (C=O) groups excluding carboxylic acids is 1. The molecule has 6 nitrogen and oxygen atoms in total. The Labute approximate surface area is 240 Å². The quantitative estimate of drug-likeness (QED) is 0.256. The second kappa shape index (κ2) is 14.0. The van der Waals surface area contributed by atoms with Crippen molar-refractivity contribution in [2.24, 2.45) is 4.99 Å². The highest BCUT2D eigenvalue weighted by Gasteiger charge is 2.29. The first-order valence-corrected chi connectivity index (χ1v) is 14.7. The van der Waals surface area contributed by atoms with Crippen molar-refractivity contribution < 1.29 is 13.9 Å². The van der Waals surface area contributed by atoms with Gasteiger partial charge in [0.05, 0.1) is 27.9 Å². The van der Waals surface area contributed by atoms with Crippen LogP contribution in [0.2, 0.25) is 0 Å². The summed E-state index contributed by atoms with van der Waals surface area (Å²) in [4.78, 5) is 24.6. The van der Waals surface area contributed by atoms with Crippen LogP contribution >= 0.6 is 11.3 Å². The number of carbonyl (C=O) groups is 1. The fraction of sp³-hybridized carbons (Fsp3) is 0.344. The first-order chi connectivity index (χ1) is 19.4. The Morgan fingerprint density at radius 2 is 1.90 bits per heavy atom. The van der Waals surface area contributed by atoms with Gasteiger partial charge in [-0.3, -0.25) is 0 Å². The van der Waals surface area contributed by atoms with E-state index in [0.717, 1.165) is 34.7 Å². The molecular formula is C32H37FN4O2S. The highest BCUT2D eigenvalue weighted by molar-refractivity contribution is 7.14. The monoisotopic (exact) mass is 560 g/mol. The van der Waals surface area contributed by atoms with Crippen molar-refractivity contribution in [1.29, 1.82) is 0 Å². The number of ether oxygens (including phenoxy) is 1. The third-order valence-corrected chi connectivity index (χ3v) is 8.07. The van der Waals surface area contributed by atoms with Crippen LogP contribution in [-0.4, -0.2) is 41.4 Å². The highest BCUT2D eigenvalue weighted by Crippen LogP contribution is 2.38. The van der Waals surface area contributed by atoms with Crippen molar-refractivity contribution in [3.63, 3.8) is 0 Å². The molecule has 0 unspecified atom stereocenters. The largest absolute Gasteiger partial charge is 0.450 e. The van der Waals surface area contributed by atoms with Gasteiger partial charge in [-0.15, -0.1) is 11.3 Å². The summed E-state index contributed by atoms with van der Waals surface area (Å²) in [6.07, 6.45) is 6.08. The number of benzene rings is 2. The van der Waals surface area contributed by atoms with Crippen LogP contribution in [-0.2, 0) is 4.74 Å². The number of rotatable bonds is 10. The normalized spacial score (nSPS) is 15.3. The topological polar surface area (TPSA) is 66.8 Å². The molecule has 1 aromatic heterocycles. The molecule has 0 saturated carbocycles. The van der Waals surface area contributed by atoms with Gasteiger partial charge >= 0.3 is 6.09 Å². The minimum absolute atomic E-state index is 0.0153. The lowest BCUT2D eigenvalue weighted by atomic mass is 9.98. The molecule has 0 spiro atoms. The summed E-state index contributed by atoms with van der Waals surface area (Å²) in [5.41, 5.74) is 2.84. The van der Waals surface area contributed by atoms with Crippen LogP contribution in [0.25, 0.3) is 11.3 Å². The van der Waals surface area contributed by atoms with Gasteiger partial charge in [-0.25, -0.2) is 19.2 Å². The molecule has 8 heteroatoms. The Balaban J connectivity index is 1.67. The smallest absolute Gasteiger partial charge is 0.409 e. The van der Waals surface area contributed by atoms with Crippen LogP contribution in [0.5, 0.6) is 0 Å². The third kappa shape index (κ3) is 7.24. The van der Waals surface area contributed by atoms with E-state index < -0.39 is 0 Å². The maximum absolute atomic E-state index is 15.1. The van der Waals surface area contributed by atoms with E-state index in [0.29, 0.717) is 42.5 Å². The zero-order valence-corrected chi connectivity index (χ0v) is 24.2. The van der Waals surface area contributed by atoms with Crippen LogP contribution in [0.15, 0.2) is 84.1 Å². The van der Waals surface area contributed by atoms with E-state index in [2.05, 4.69) is 37.9 Å². The van der Waals surface area contributed by atoms with Gasteiger partial charge in [0.2, 0.25) is 0 Å². The number of aliphatic imine (C=N–C) groups is 1. The second-order valence-corrected chi connectivity index (χ2v) is 10.7. The van der Waals surface area contributed by atoms with Gasteiger partial charge in [-0.05, 0) is 56.9 Å². The summed E-state index contributed by atoms with van der Waals surface area (Å²) >= 11 is 1.54. The van der Waals surface area contributed by atoms with Crippen LogP contribution in [0.1, 0.15) is 67.4 Å². The average molecular weight is 561 g/mol. The molecule has 3 aromatic rings. The number of nitrogens with one attached hydrogen (secondary N) is 1. The number of halogens is 1. The first kappa shape index (κ1) is 29.2. The minimum atomic E-state index is -0.328. The van der Waals surface area contributed by atoms with Gasteiger partial charge < -0.3 is 15.0 Å². The number of hydrogen-bond acceptors (Lipinski definition) is 6. The summed E-state index contributed by atoms with van der Waals surface area (Å²) in [6.45, 7) is 11.7. The fourth-order valence-electron chi connectivity index (χ4n) is 4.69. The molecule has 1 amide bonds. The molecule has 1 atom stereocenters. The Morgan fingerprint density at radius 3 is 2.58 bits per heavy atom. The predicted molar refractivity (Wildman–Crippen MR) is 161 cm³/mol. The minimum Gasteiger partial charge on any atom is -0.450 e. The number of amides is 1. The molecule has 210 valence electrons. The van der Waals surface area contributed by atoms with Crippen molar-refractivity contribution >= 4 is 23.1 Å². The van der Waals surface area contributed by atoms with E-state index in [1.54, 1.807) is 28.4 Å². The van der Waals surface area contributed by atoms with Gasteiger partial charge in [-0.1, -0.05) is 62.0 Å². The molecule has 4 rings (SSSR count). The van der Waals surface area contributed by atoms with Crippen molar-refractivity contribution in [2.45, 2.75) is 52.0 Å². The van der Waals surface area contributed by atoms with Crippen molar-refractivity contribution in [3.8, 4) is 11.3 Å². The Bertz CT molecular complexity index is 1360. The Hall–Kier alpha value is -3.78. The molecule has 1 N–H and O–H groups in total. The van der Waals surface area contributed by atoms with Crippen molar-refractivity contribution in [1.82, 2.24) is 15.2 Å². The summed E-state index contributed by atoms with van der Waals surface area (Å²) in [5.74, 6) is 0.348. The maximum Gasteiger partial charge on any atom is 0.409 e. The van der Waals surface area contributed by atoms with E-state index >= 15 is 4.39 Å². The molecule has 0 bridgehead atoms. The van der Waals surface area contributed by atoms with Crippen LogP contribution in [0.3, 0.4) is 0 Å². The predicted octanol–water partition coefficient (Wildman–Crippen LogP) is 7.86. The van der Waals surface area contributed by atoms with Crippen LogP contribution in [0.4, 0.5) is 9.18 Å². The lowest BCUT2D eigenvalue weighted by Gasteiger charge is -2.30. The third-order valence-electron chi connectivity index (χ3n) is 6.83. The lowest BCUT2D eigenvalue weighted by Crippen LogP contribution is -2.38. The molecular weight excluding hydrogens is 523 g/mol. The van der Waals surface area contributed by atoms with Gasteiger partial charge in [0.25, 0.3) is 0 Å². The second-order valence-electron chi connectivity index (χ2n) is 9.70. The summed E-state index contributed by atoms with van der Waals surface area (Å²) in [7, 11) is 0. The molecule has 1 aliphatic heterocycles.